The fourth-order valence-electron chi connectivity index (χ4n) is 6.38. The first-order chi connectivity index (χ1) is 30.1. The lowest BCUT2D eigenvalue weighted by Crippen LogP contribution is -2.62. The molecule has 3 aromatic rings. The maximum atomic E-state index is 14.0. The number of aromatic amines is 2. The van der Waals surface area contributed by atoms with Crippen LogP contribution in [0.5, 0.6) is 5.75 Å². The summed E-state index contributed by atoms with van der Waals surface area (Å²) in [5, 5.41) is 54.2. The van der Waals surface area contributed by atoms with Gasteiger partial charge in [0.25, 0.3) is 0 Å². The summed E-state index contributed by atoms with van der Waals surface area (Å²) in [6.45, 7) is 7.84. The van der Waals surface area contributed by atoms with Gasteiger partial charge in [0, 0.05) is 43.0 Å². The van der Waals surface area contributed by atoms with E-state index in [1.807, 2.05) is 0 Å². The van der Waals surface area contributed by atoms with Crippen LogP contribution in [0.4, 0.5) is 0 Å². The number of phenolic OH excluding ortho intramolecular Hbond substituents is 1. The van der Waals surface area contributed by atoms with Crippen LogP contribution in [0.2, 0.25) is 0 Å². The van der Waals surface area contributed by atoms with Gasteiger partial charge in [-0.15, -0.1) is 0 Å². The summed E-state index contributed by atoms with van der Waals surface area (Å²) in [4.78, 5) is 119. The fourth-order valence-corrected chi connectivity index (χ4v) is 6.38. The second kappa shape index (κ2) is 24.7. The van der Waals surface area contributed by atoms with E-state index in [1.54, 1.807) is 39.8 Å². The number of aliphatic hydroxyl groups excluding tert-OH is 1. The van der Waals surface area contributed by atoms with Crippen molar-refractivity contribution in [3.05, 3.63) is 66.3 Å². The maximum absolute atomic E-state index is 14.0. The van der Waals surface area contributed by atoms with E-state index in [0.717, 1.165) is 0 Å². The average molecular weight is 898 g/mol. The number of rotatable bonds is 26. The normalized spacial score (nSPS) is 15.0. The van der Waals surface area contributed by atoms with Crippen molar-refractivity contribution in [3.63, 3.8) is 0 Å². The number of phenols is 1. The van der Waals surface area contributed by atoms with E-state index in [2.05, 4.69) is 51.8 Å². The van der Waals surface area contributed by atoms with Crippen molar-refractivity contribution in [2.75, 3.05) is 0 Å². The molecule has 0 bridgehead atoms. The van der Waals surface area contributed by atoms with E-state index in [4.69, 9.17) is 5.73 Å². The lowest BCUT2D eigenvalue weighted by Gasteiger charge is -2.29. The highest BCUT2D eigenvalue weighted by atomic mass is 16.4. The Bertz CT molecular complexity index is 2030. The van der Waals surface area contributed by atoms with Gasteiger partial charge in [-0.05, 0) is 55.7 Å². The molecule has 2 aromatic heterocycles. The van der Waals surface area contributed by atoms with Crippen molar-refractivity contribution in [2.24, 2.45) is 17.6 Å². The number of benzene rings is 1. The van der Waals surface area contributed by atoms with Gasteiger partial charge >= 0.3 is 11.9 Å². The molecule has 0 unspecified atom stereocenters. The summed E-state index contributed by atoms with van der Waals surface area (Å²) < 4.78 is 0. The van der Waals surface area contributed by atoms with Crippen LogP contribution in [0.1, 0.15) is 70.8 Å². The molecule has 1 aromatic carbocycles. The van der Waals surface area contributed by atoms with Crippen LogP contribution in [0.25, 0.3) is 0 Å². The lowest BCUT2D eigenvalue weighted by atomic mass is 10.0. The average Bonchev–Trinajstić information content (AvgIpc) is 3.94. The van der Waals surface area contributed by atoms with Gasteiger partial charge in [0.05, 0.1) is 24.8 Å². The Morgan fingerprint density at radius 3 is 1.56 bits per heavy atom. The minimum absolute atomic E-state index is 0.0200. The molecule has 3 rings (SSSR count). The van der Waals surface area contributed by atoms with E-state index in [9.17, 15) is 58.8 Å². The van der Waals surface area contributed by atoms with Crippen molar-refractivity contribution < 1.29 is 58.8 Å². The number of nitrogens with zero attached hydrogens (tertiary/aromatic N) is 2. The van der Waals surface area contributed by atoms with Crippen LogP contribution >= 0.6 is 0 Å². The molecule has 0 radical (unpaired) electrons. The molecule has 8 atom stereocenters. The Balaban J connectivity index is 1.81. The Kier molecular flexibility index (Phi) is 19.8. The molecular weight excluding hydrogens is 839 g/mol. The first-order valence-electron chi connectivity index (χ1n) is 20.6. The highest BCUT2D eigenvalue weighted by Crippen LogP contribution is 2.13. The zero-order chi connectivity index (χ0) is 47.7. The number of hydrogen-bond acceptors (Lipinski definition) is 13. The second-order valence-electron chi connectivity index (χ2n) is 16.1. The predicted molar refractivity (Wildman–Crippen MR) is 226 cm³/mol. The number of carbonyl (C=O) groups is 8. The number of carboxylic acids is 2. The van der Waals surface area contributed by atoms with Gasteiger partial charge in [-0.2, -0.15) is 0 Å². The van der Waals surface area contributed by atoms with Crippen LogP contribution in [-0.2, 0) is 57.6 Å². The van der Waals surface area contributed by atoms with Crippen molar-refractivity contribution in [1.29, 1.82) is 0 Å². The van der Waals surface area contributed by atoms with Gasteiger partial charge in [-0.1, -0.05) is 39.8 Å². The molecule has 2 heterocycles. The summed E-state index contributed by atoms with van der Waals surface area (Å²) in [6, 6.07) is -3.89. The molecule has 0 saturated carbocycles. The number of amides is 6. The minimum Gasteiger partial charge on any atom is -0.508 e. The second-order valence-corrected chi connectivity index (χ2v) is 16.1. The number of nitrogens with two attached hydrogens (primary N) is 1. The van der Waals surface area contributed by atoms with Crippen molar-refractivity contribution in [1.82, 2.24) is 51.8 Å². The predicted octanol–water partition coefficient (Wildman–Crippen LogP) is -1.87. The number of nitrogens with one attached hydrogen (secondary N) is 8. The molecule has 64 heavy (non-hydrogen) atoms. The number of aromatic hydroxyl groups is 1. The van der Waals surface area contributed by atoms with E-state index in [0.29, 0.717) is 17.0 Å². The number of H-pyrrole nitrogens is 2. The Morgan fingerprint density at radius 2 is 1.09 bits per heavy atom. The monoisotopic (exact) mass is 897 g/mol. The van der Waals surface area contributed by atoms with Gasteiger partial charge in [0.2, 0.25) is 35.4 Å². The SMILES string of the molecule is CC(C)C[C@H](NC(=O)[C@H](CCC(=O)O)NC(=O)[C@H](Cc1cnc[nH]1)NC(=O)[C@@H](NC(=O)[C@@H](NC(=O)[C@H](Cc1cnc[nH]1)NC(=O)[C@@H](N)Cc1ccc(O)cc1)[C@@H](C)O)C(C)C)C(=O)O. The molecule has 0 aliphatic heterocycles. The largest absolute Gasteiger partial charge is 0.508 e. The fraction of sp³-hybridized carbons (Fsp3) is 0.512. The van der Waals surface area contributed by atoms with Crippen LogP contribution < -0.4 is 37.6 Å². The smallest absolute Gasteiger partial charge is 0.326 e. The number of carbonyl (C=O) groups excluding carboxylic acids is 6. The maximum Gasteiger partial charge on any atom is 0.326 e. The molecular formula is C41H59N11O12. The molecule has 23 heteroatoms. The van der Waals surface area contributed by atoms with Gasteiger partial charge in [-0.25, -0.2) is 14.8 Å². The number of aliphatic carboxylic acids is 2. The van der Waals surface area contributed by atoms with Crippen LogP contribution in [0.15, 0.2) is 49.3 Å². The molecule has 6 amide bonds. The summed E-state index contributed by atoms with van der Waals surface area (Å²) in [5.74, 6) is -8.88. The summed E-state index contributed by atoms with van der Waals surface area (Å²) in [7, 11) is 0. The summed E-state index contributed by atoms with van der Waals surface area (Å²) >= 11 is 0. The Morgan fingerprint density at radius 1 is 0.625 bits per heavy atom. The van der Waals surface area contributed by atoms with Gasteiger partial charge in [0.1, 0.15) is 42.0 Å². The van der Waals surface area contributed by atoms with Gasteiger partial charge < -0.3 is 68.0 Å². The number of aromatic nitrogens is 4. The molecule has 0 spiro atoms. The van der Waals surface area contributed by atoms with Crippen molar-refractivity contribution in [3.8, 4) is 5.75 Å². The number of imidazole rings is 2. The van der Waals surface area contributed by atoms with Gasteiger partial charge in [-0.3, -0.25) is 33.6 Å². The molecule has 0 aliphatic carbocycles. The molecule has 14 N–H and O–H groups in total. The topological polar surface area (TPSA) is 373 Å². The Hall–Kier alpha value is -6.88. The highest BCUT2D eigenvalue weighted by Gasteiger charge is 2.36. The van der Waals surface area contributed by atoms with E-state index in [-0.39, 0.29) is 37.4 Å². The van der Waals surface area contributed by atoms with E-state index >= 15 is 0 Å². The van der Waals surface area contributed by atoms with Crippen LogP contribution in [0, 0.1) is 11.8 Å². The number of hydrogen-bond donors (Lipinski definition) is 13. The molecule has 23 nitrogen and oxygen atoms in total. The summed E-state index contributed by atoms with van der Waals surface area (Å²) in [5.41, 5.74) is 7.57. The summed E-state index contributed by atoms with van der Waals surface area (Å²) in [6.07, 6.45) is 2.63. The zero-order valence-corrected chi connectivity index (χ0v) is 36.2. The first kappa shape index (κ1) is 51.5. The minimum atomic E-state index is -1.68. The quantitative estimate of drug-likeness (QED) is 0.0420. The third-order valence-corrected chi connectivity index (χ3v) is 9.86. The van der Waals surface area contributed by atoms with Gasteiger partial charge in [0.15, 0.2) is 0 Å². The van der Waals surface area contributed by atoms with Crippen molar-refractivity contribution in [2.45, 2.75) is 122 Å². The van der Waals surface area contributed by atoms with Crippen molar-refractivity contribution >= 4 is 47.4 Å². The highest BCUT2D eigenvalue weighted by molar-refractivity contribution is 5.97. The molecule has 0 aliphatic rings. The first-order valence-corrected chi connectivity index (χ1v) is 20.6. The standard InChI is InChI=1S/C41H59N11O12/c1-20(2)12-31(41(63)64)50-36(58)28(10-11-32(55)56)47-37(59)29(14-24-16-43-18-45-24)49-39(61)33(21(3)4)51-40(62)34(22(5)53)52-38(60)30(15-25-17-44-19-46-25)48-35(57)27(42)13-23-6-8-26(54)9-7-23/h6-9,16-22,27-31,33-34,53-54H,10-15,42H2,1-5H3,(H,43,45)(H,44,46)(H,47,59)(H,48,57)(H,49,61)(H,50,58)(H,51,62)(H,52,60)(H,55,56)(H,63,64)/t22-,27+,28+,29+,30+,31+,33+,34+/m1/s1. The zero-order valence-electron chi connectivity index (χ0n) is 36.2. The Labute approximate surface area is 368 Å². The third kappa shape index (κ3) is 16.8. The van der Waals surface area contributed by atoms with E-state index < -0.39 is 115 Å². The molecule has 0 fully saturated rings. The van der Waals surface area contributed by atoms with E-state index in [1.165, 1.54) is 44.1 Å². The number of aliphatic hydroxyl groups is 1. The third-order valence-electron chi connectivity index (χ3n) is 9.86. The molecule has 350 valence electrons. The lowest BCUT2D eigenvalue weighted by molar-refractivity contribution is -0.143. The number of carboxylic acid groups (broad SMARTS) is 2. The molecule has 0 saturated heterocycles. The van der Waals surface area contributed by atoms with Crippen LogP contribution in [0.3, 0.4) is 0 Å². The van der Waals surface area contributed by atoms with Crippen LogP contribution in [-0.4, -0.2) is 136 Å².